The normalized spacial score (nSPS) is 21.6. The highest BCUT2D eigenvalue weighted by Gasteiger charge is 2.32. The molecule has 2 rings (SSSR count). The molecule has 0 saturated carbocycles. The number of carbonyl (C=O) groups is 2. The average Bonchev–Trinajstić information content (AvgIpc) is 2.71. The molecule has 1 saturated heterocycles. The van der Waals surface area contributed by atoms with Crippen molar-refractivity contribution in [3.8, 4) is 0 Å². The number of nitrogens with zero attached hydrogens (tertiary/aromatic N) is 1. The smallest absolute Gasteiger partial charge is 0.244 e. The first-order valence-electron chi connectivity index (χ1n) is 6.72. The highest BCUT2D eigenvalue weighted by atomic mass is 16.3. The number of rotatable bonds is 4. The van der Waals surface area contributed by atoms with Gasteiger partial charge in [0.2, 0.25) is 11.8 Å². The molecule has 0 spiro atoms. The molecule has 5 heteroatoms. The molecule has 2 N–H and O–H groups in total. The largest absolute Gasteiger partial charge is 0.385 e. The third kappa shape index (κ3) is 3.17. The van der Waals surface area contributed by atoms with Crippen LogP contribution < -0.4 is 5.32 Å². The molecule has 2 amide bonds. The molecule has 0 aromatic heterocycles. The third-order valence-electron chi connectivity index (χ3n) is 3.66. The molecule has 1 aromatic rings. The molecule has 5 nitrogen and oxygen atoms in total. The number of hydrogen-bond donors (Lipinski definition) is 2. The van der Waals surface area contributed by atoms with Crippen LogP contribution in [0.3, 0.4) is 0 Å². The monoisotopic (exact) mass is 276 g/mol. The summed E-state index contributed by atoms with van der Waals surface area (Å²) in [5.41, 5.74) is -0.552. The SMILES string of the molecule is CN1CCC(NC(=O)CC(C)(O)c2ccccc2)C1=O. The highest BCUT2D eigenvalue weighted by Crippen LogP contribution is 2.24. The molecule has 0 bridgehead atoms. The van der Waals surface area contributed by atoms with E-state index in [0.29, 0.717) is 18.5 Å². The number of carbonyl (C=O) groups excluding carboxylic acids is 2. The summed E-state index contributed by atoms with van der Waals surface area (Å²) in [6.07, 6.45) is 0.555. The Morgan fingerprint density at radius 1 is 1.45 bits per heavy atom. The molecular formula is C15H20N2O3. The summed E-state index contributed by atoms with van der Waals surface area (Å²) in [5.74, 6) is -0.384. The van der Waals surface area contributed by atoms with Gasteiger partial charge in [-0.2, -0.15) is 0 Å². The van der Waals surface area contributed by atoms with Crippen LogP contribution in [0, 0.1) is 0 Å². The molecule has 0 radical (unpaired) electrons. The van der Waals surface area contributed by atoms with Crippen LogP contribution in [0.4, 0.5) is 0 Å². The maximum absolute atomic E-state index is 12.0. The number of likely N-dealkylation sites (N-methyl/N-ethyl adjacent to an activating group) is 1. The van der Waals surface area contributed by atoms with Crippen LogP contribution in [0.2, 0.25) is 0 Å². The minimum atomic E-state index is -1.24. The summed E-state index contributed by atoms with van der Waals surface area (Å²) in [5, 5.41) is 13.1. The van der Waals surface area contributed by atoms with E-state index in [1.54, 1.807) is 31.0 Å². The number of hydrogen-bond acceptors (Lipinski definition) is 3. The Balaban J connectivity index is 1.96. The van der Waals surface area contributed by atoms with Gasteiger partial charge in [-0.1, -0.05) is 30.3 Å². The number of nitrogens with one attached hydrogen (secondary N) is 1. The highest BCUT2D eigenvalue weighted by molar-refractivity contribution is 5.89. The summed E-state index contributed by atoms with van der Waals surface area (Å²) in [4.78, 5) is 25.3. The van der Waals surface area contributed by atoms with E-state index < -0.39 is 11.6 Å². The molecule has 1 aliphatic rings. The standard InChI is InChI=1S/C15H20N2O3/c1-15(20,11-6-4-3-5-7-11)10-13(18)16-12-8-9-17(2)14(12)19/h3-7,12,20H,8-10H2,1-2H3,(H,16,18). The zero-order valence-corrected chi connectivity index (χ0v) is 11.8. The summed E-state index contributed by atoms with van der Waals surface area (Å²) in [7, 11) is 1.72. The Morgan fingerprint density at radius 3 is 2.65 bits per heavy atom. The van der Waals surface area contributed by atoms with Crippen molar-refractivity contribution < 1.29 is 14.7 Å². The average molecular weight is 276 g/mol. The molecule has 1 heterocycles. The fraction of sp³-hybridized carbons (Fsp3) is 0.467. The van der Waals surface area contributed by atoms with Crippen LogP contribution in [-0.4, -0.2) is 41.5 Å². The van der Waals surface area contributed by atoms with Gasteiger partial charge in [-0.3, -0.25) is 9.59 Å². The quantitative estimate of drug-likeness (QED) is 0.847. The summed E-state index contributed by atoms with van der Waals surface area (Å²) < 4.78 is 0. The van der Waals surface area contributed by atoms with E-state index in [1.807, 2.05) is 18.2 Å². The molecule has 1 aromatic carbocycles. The van der Waals surface area contributed by atoms with Gasteiger partial charge in [-0.15, -0.1) is 0 Å². The zero-order chi connectivity index (χ0) is 14.8. The fourth-order valence-corrected chi connectivity index (χ4v) is 2.41. The van der Waals surface area contributed by atoms with Gasteiger partial charge in [0.05, 0.1) is 12.0 Å². The molecule has 2 atom stereocenters. The van der Waals surface area contributed by atoms with Crippen LogP contribution in [0.25, 0.3) is 0 Å². The lowest BCUT2D eigenvalue weighted by Crippen LogP contribution is -2.42. The van der Waals surface area contributed by atoms with E-state index in [-0.39, 0.29) is 18.2 Å². The lowest BCUT2D eigenvalue weighted by molar-refractivity contribution is -0.133. The maximum atomic E-state index is 12.0. The van der Waals surface area contributed by atoms with Gasteiger partial charge in [0.1, 0.15) is 6.04 Å². The van der Waals surface area contributed by atoms with Crippen LogP contribution in [0.1, 0.15) is 25.3 Å². The Bertz CT molecular complexity index is 499. The van der Waals surface area contributed by atoms with E-state index in [4.69, 9.17) is 0 Å². The van der Waals surface area contributed by atoms with E-state index in [0.717, 1.165) is 0 Å². The van der Waals surface area contributed by atoms with E-state index >= 15 is 0 Å². The van der Waals surface area contributed by atoms with Crippen LogP contribution in [0.5, 0.6) is 0 Å². The van der Waals surface area contributed by atoms with Gasteiger partial charge < -0.3 is 15.3 Å². The first kappa shape index (κ1) is 14.5. The van der Waals surface area contributed by atoms with Gasteiger partial charge >= 0.3 is 0 Å². The summed E-state index contributed by atoms with van der Waals surface area (Å²) >= 11 is 0. The van der Waals surface area contributed by atoms with Gasteiger partial charge in [0, 0.05) is 13.6 Å². The second kappa shape index (κ2) is 5.63. The summed E-state index contributed by atoms with van der Waals surface area (Å²) in [6.45, 7) is 2.25. The Hall–Kier alpha value is -1.88. The Morgan fingerprint density at radius 2 is 2.10 bits per heavy atom. The third-order valence-corrected chi connectivity index (χ3v) is 3.66. The fourth-order valence-electron chi connectivity index (χ4n) is 2.41. The second-order valence-corrected chi connectivity index (χ2v) is 5.49. The minimum absolute atomic E-state index is 0.0650. The lowest BCUT2D eigenvalue weighted by Gasteiger charge is -2.24. The Kier molecular flexibility index (Phi) is 4.09. The maximum Gasteiger partial charge on any atom is 0.244 e. The topological polar surface area (TPSA) is 69.6 Å². The first-order valence-corrected chi connectivity index (χ1v) is 6.72. The van der Waals surface area contributed by atoms with Crippen molar-refractivity contribution >= 4 is 11.8 Å². The molecule has 1 fully saturated rings. The van der Waals surface area contributed by atoms with Gasteiger partial charge in [0.15, 0.2) is 0 Å². The Labute approximate surface area is 118 Å². The second-order valence-electron chi connectivity index (χ2n) is 5.49. The van der Waals surface area contributed by atoms with E-state index in [9.17, 15) is 14.7 Å². The van der Waals surface area contributed by atoms with Crippen LogP contribution in [-0.2, 0) is 15.2 Å². The van der Waals surface area contributed by atoms with Crippen molar-refractivity contribution in [2.24, 2.45) is 0 Å². The number of amides is 2. The van der Waals surface area contributed by atoms with Crippen molar-refractivity contribution in [2.45, 2.75) is 31.4 Å². The predicted molar refractivity (Wildman–Crippen MR) is 74.8 cm³/mol. The van der Waals surface area contributed by atoms with Crippen molar-refractivity contribution in [2.75, 3.05) is 13.6 Å². The van der Waals surface area contributed by atoms with Crippen LogP contribution in [0.15, 0.2) is 30.3 Å². The van der Waals surface area contributed by atoms with Crippen LogP contribution >= 0.6 is 0 Å². The van der Waals surface area contributed by atoms with Gasteiger partial charge in [0.25, 0.3) is 0 Å². The number of benzene rings is 1. The molecule has 20 heavy (non-hydrogen) atoms. The molecule has 0 aliphatic carbocycles. The molecule has 2 unspecified atom stereocenters. The minimum Gasteiger partial charge on any atom is -0.385 e. The van der Waals surface area contributed by atoms with E-state index in [2.05, 4.69) is 5.32 Å². The van der Waals surface area contributed by atoms with Crippen molar-refractivity contribution in [1.82, 2.24) is 10.2 Å². The van der Waals surface area contributed by atoms with Crippen molar-refractivity contribution in [3.63, 3.8) is 0 Å². The van der Waals surface area contributed by atoms with Crippen molar-refractivity contribution in [3.05, 3.63) is 35.9 Å². The zero-order valence-electron chi connectivity index (χ0n) is 11.8. The molecular weight excluding hydrogens is 256 g/mol. The van der Waals surface area contributed by atoms with Crippen molar-refractivity contribution in [1.29, 1.82) is 0 Å². The van der Waals surface area contributed by atoms with E-state index in [1.165, 1.54) is 0 Å². The number of likely N-dealkylation sites (tertiary alicyclic amines) is 1. The molecule has 1 aliphatic heterocycles. The first-order chi connectivity index (χ1) is 9.40. The number of aliphatic hydroxyl groups is 1. The van der Waals surface area contributed by atoms with Gasteiger partial charge in [-0.05, 0) is 18.9 Å². The summed E-state index contributed by atoms with van der Waals surface area (Å²) in [6, 6.07) is 8.59. The van der Waals surface area contributed by atoms with Gasteiger partial charge in [-0.25, -0.2) is 0 Å². The predicted octanol–water partition coefficient (Wildman–Crippen LogP) is 0.631. The molecule has 108 valence electrons. The lowest BCUT2D eigenvalue weighted by atomic mass is 9.92.